The minimum Gasteiger partial charge on any atom is -0.493 e. The van der Waals surface area contributed by atoms with Crippen LogP contribution in [-0.2, 0) is 6.42 Å². The van der Waals surface area contributed by atoms with E-state index in [-0.39, 0.29) is 6.04 Å². The Bertz CT molecular complexity index is 401. The van der Waals surface area contributed by atoms with Crippen molar-refractivity contribution in [1.29, 1.82) is 0 Å². The van der Waals surface area contributed by atoms with E-state index >= 15 is 0 Å². The highest BCUT2D eigenvalue weighted by Crippen LogP contribution is 2.41. The first-order chi connectivity index (χ1) is 8.15. The molecule has 0 amide bonds. The van der Waals surface area contributed by atoms with Crippen molar-refractivity contribution in [2.45, 2.75) is 39.3 Å². The molecule has 1 aliphatic rings. The molecule has 0 aromatic heterocycles. The number of benzene rings is 1. The fraction of sp³-hybridized carbons (Fsp3) is 0.571. The van der Waals surface area contributed by atoms with Crippen molar-refractivity contribution in [2.24, 2.45) is 0 Å². The highest BCUT2D eigenvalue weighted by atomic mass is 16.5. The molecule has 1 atom stereocenters. The molecule has 1 heterocycles. The van der Waals surface area contributed by atoms with E-state index < -0.39 is 0 Å². The van der Waals surface area contributed by atoms with Crippen LogP contribution in [0.1, 0.15) is 37.9 Å². The molecule has 2 rings (SSSR count). The Labute approximate surface area is 103 Å². The maximum absolute atomic E-state index is 5.75. The fourth-order valence-corrected chi connectivity index (χ4v) is 2.25. The second kappa shape index (κ2) is 4.96. The molecule has 17 heavy (non-hydrogen) atoms. The summed E-state index contributed by atoms with van der Waals surface area (Å²) in [6.45, 7) is 7.15. The quantitative estimate of drug-likeness (QED) is 0.870. The molecule has 1 unspecified atom stereocenters. The Kier molecular flexibility index (Phi) is 3.57. The van der Waals surface area contributed by atoms with Crippen LogP contribution in [0, 0.1) is 0 Å². The summed E-state index contributed by atoms with van der Waals surface area (Å²) in [5, 5.41) is 3.52. The minimum atomic E-state index is 0.283. The van der Waals surface area contributed by atoms with Crippen LogP contribution in [0.15, 0.2) is 12.1 Å². The molecule has 3 nitrogen and oxygen atoms in total. The molecule has 0 aliphatic carbocycles. The maximum Gasteiger partial charge on any atom is 0.166 e. The van der Waals surface area contributed by atoms with Gasteiger partial charge >= 0.3 is 0 Å². The molecule has 0 spiro atoms. The van der Waals surface area contributed by atoms with Gasteiger partial charge in [-0.3, -0.25) is 0 Å². The zero-order chi connectivity index (χ0) is 12.4. The van der Waals surface area contributed by atoms with Crippen LogP contribution < -0.4 is 14.8 Å². The summed E-state index contributed by atoms with van der Waals surface area (Å²) in [5.41, 5.74) is 2.52. The first-order valence-electron chi connectivity index (χ1n) is 6.25. The monoisotopic (exact) mass is 235 g/mol. The average molecular weight is 235 g/mol. The van der Waals surface area contributed by atoms with Crippen LogP contribution in [0.2, 0.25) is 0 Å². The normalized spacial score (nSPS) is 18.1. The van der Waals surface area contributed by atoms with E-state index in [1.54, 1.807) is 7.11 Å². The van der Waals surface area contributed by atoms with E-state index in [1.165, 1.54) is 11.1 Å². The van der Waals surface area contributed by atoms with Gasteiger partial charge in [0.05, 0.1) is 13.2 Å². The molecule has 1 aliphatic heterocycles. The van der Waals surface area contributed by atoms with Crippen LogP contribution in [0.4, 0.5) is 0 Å². The minimum absolute atomic E-state index is 0.283. The van der Waals surface area contributed by atoms with E-state index in [0.29, 0.717) is 12.6 Å². The smallest absolute Gasteiger partial charge is 0.166 e. The number of ether oxygens (including phenoxy) is 2. The van der Waals surface area contributed by atoms with Crippen LogP contribution in [-0.4, -0.2) is 19.8 Å². The molecule has 0 saturated heterocycles. The van der Waals surface area contributed by atoms with E-state index in [0.717, 1.165) is 17.9 Å². The van der Waals surface area contributed by atoms with Crippen LogP contribution in [0.25, 0.3) is 0 Å². The third kappa shape index (κ3) is 2.39. The van der Waals surface area contributed by atoms with Crippen molar-refractivity contribution in [3.05, 3.63) is 23.3 Å². The van der Waals surface area contributed by atoms with Gasteiger partial charge in [-0.2, -0.15) is 0 Å². The van der Waals surface area contributed by atoms with Crippen molar-refractivity contribution in [3.63, 3.8) is 0 Å². The average Bonchev–Trinajstić information content (AvgIpc) is 2.70. The summed E-state index contributed by atoms with van der Waals surface area (Å²) in [7, 11) is 1.70. The highest BCUT2D eigenvalue weighted by molar-refractivity contribution is 5.53. The maximum atomic E-state index is 5.75. The number of fused-ring (bicyclic) bond motifs is 1. The largest absolute Gasteiger partial charge is 0.493 e. The summed E-state index contributed by atoms with van der Waals surface area (Å²) in [6, 6.07) is 5.03. The Hall–Kier alpha value is -1.22. The van der Waals surface area contributed by atoms with Gasteiger partial charge in [-0.1, -0.05) is 26.8 Å². The standard InChI is InChI=1S/C14H21NO2/c1-5-10-6-11-12(15-9(2)3)8-17-14(11)13(7-10)16-4/h6-7,9,12,15H,5,8H2,1-4H3. The summed E-state index contributed by atoms with van der Waals surface area (Å²) < 4.78 is 11.1. The lowest BCUT2D eigenvalue weighted by molar-refractivity contribution is 0.289. The second-order valence-corrected chi connectivity index (χ2v) is 4.75. The Morgan fingerprint density at radius 1 is 1.47 bits per heavy atom. The molecule has 0 fully saturated rings. The van der Waals surface area contributed by atoms with Crippen molar-refractivity contribution in [3.8, 4) is 11.5 Å². The van der Waals surface area contributed by atoms with Gasteiger partial charge in [0, 0.05) is 11.6 Å². The number of nitrogens with one attached hydrogen (secondary N) is 1. The number of aryl methyl sites for hydroxylation is 1. The van der Waals surface area contributed by atoms with E-state index in [2.05, 4.69) is 38.2 Å². The third-order valence-corrected chi connectivity index (χ3v) is 3.08. The summed E-state index contributed by atoms with van der Waals surface area (Å²) in [4.78, 5) is 0. The second-order valence-electron chi connectivity index (χ2n) is 4.75. The Morgan fingerprint density at radius 3 is 2.82 bits per heavy atom. The zero-order valence-corrected chi connectivity index (χ0v) is 11.0. The fourth-order valence-electron chi connectivity index (χ4n) is 2.25. The lowest BCUT2D eigenvalue weighted by atomic mass is 10.0. The van der Waals surface area contributed by atoms with Crippen LogP contribution in [0.5, 0.6) is 11.5 Å². The van der Waals surface area contributed by atoms with Gasteiger partial charge in [-0.05, 0) is 18.1 Å². The summed E-state index contributed by atoms with van der Waals surface area (Å²) >= 11 is 0. The number of hydrogen-bond acceptors (Lipinski definition) is 3. The number of methoxy groups -OCH3 is 1. The van der Waals surface area contributed by atoms with Gasteiger partial charge in [0.1, 0.15) is 6.61 Å². The SMILES string of the molecule is CCc1cc(OC)c2c(c1)C(NC(C)C)CO2. The first-order valence-corrected chi connectivity index (χ1v) is 6.25. The predicted molar refractivity (Wildman–Crippen MR) is 68.9 cm³/mol. The van der Waals surface area contributed by atoms with Crippen LogP contribution in [0.3, 0.4) is 0 Å². The zero-order valence-electron chi connectivity index (χ0n) is 11.0. The molecule has 0 bridgehead atoms. The van der Waals surface area contributed by atoms with Gasteiger partial charge < -0.3 is 14.8 Å². The molecule has 0 radical (unpaired) electrons. The number of hydrogen-bond donors (Lipinski definition) is 1. The first kappa shape index (κ1) is 12.2. The Balaban J connectivity index is 2.36. The Morgan fingerprint density at radius 2 is 2.24 bits per heavy atom. The lowest BCUT2D eigenvalue weighted by Crippen LogP contribution is -2.29. The molecule has 0 saturated carbocycles. The lowest BCUT2D eigenvalue weighted by Gasteiger charge is -2.15. The van der Waals surface area contributed by atoms with Crippen molar-refractivity contribution in [1.82, 2.24) is 5.32 Å². The van der Waals surface area contributed by atoms with Gasteiger partial charge in [0.25, 0.3) is 0 Å². The van der Waals surface area contributed by atoms with Gasteiger partial charge in [-0.15, -0.1) is 0 Å². The van der Waals surface area contributed by atoms with Crippen LogP contribution >= 0.6 is 0 Å². The van der Waals surface area contributed by atoms with Crippen molar-refractivity contribution >= 4 is 0 Å². The summed E-state index contributed by atoms with van der Waals surface area (Å²) in [5.74, 6) is 1.76. The summed E-state index contributed by atoms with van der Waals surface area (Å²) in [6.07, 6.45) is 1.01. The molecular formula is C14H21NO2. The topological polar surface area (TPSA) is 30.5 Å². The molecular weight excluding hydrogens is 214 g/mol. The van der Waals surface area contributed by atoms with Crippen molar-refractivity contribution < 1.29 is 9.47 Å². The predicted octanol–water partition coefficient (Wildman–Crippen LogP) is 2.69. The number of rotatable bonds is 4. The third-order valence-electron chi connectivity index (χ3n) is 3.08. The van der Waals surface area contributed by atoms with Gasteiger partial charge in [0.15, 0.2) is 11.5 Å². The molecule has 1 aromatic rings. The van der Waals surface area contributed by atoms with E-state index in [4.69, 9.17) is 9.47 Å². The molecule has 1 N–H and O–H groups in total. The van der Waals surface area contributed by atoms with Gasteiger partial charge in [0.2, 0.25) is 0 Å². The van der Waals surface area contributed by atoms with E-state index in [1.807, 2.05) is 0 Å². The van der Waals surface area contributed by atoms with Gasteiger partial charge in [-0.25, -0.2) is 0 Å². The molecule has 1 aromatic carbocycles. The molecule has 3 heteroatoms. The molecule has 94 valence electrons. The highest BCUT2D eigenvalue weighted by Gasteiger charge is 2.28. The van der Waals surface area contributed by atoms with E-state index in [9.17, 15) is 0 Å². The van der Waals surface area contributed by atoms with Crippen molar-refractivity contribution in [2.75, 3.05) is 13.7 Å².